The maximum atomic E-state index is 13.0. The van der Waals surface area contributed by atoms with E-state index in [1.165, 1.54) is 0 Å². The first-order chi connectivity index (χ1) is 12.0. The summed E-state index contributed by atoms with van der Waals surface area (Å²) in [5.74, 6) is 0. The zero-order valence-electron chi connectivity index (χ0n) is 14.7. The minimum atomic E-state index is 0.123. The van der Waals surface area contributed by atoms with Crippen LogP contribution in [0.25, 0.3) is 16.8 Å². The fraction of sp³-hybridized carbons (Fsp3) is 0.368. The molecule has 5 nitrogen and oxygen atoms in total. The van der Waals surface area contributed by atoms with E-state index < -0.39 is 0 Å². The molecule has 0 bridgehead atoms. The lowest BCUT2D eigenvalue weighted by Crippen LogP contribution is -2.27. The van der Waals surface area contributed by atoms with Gasteiger partial charge >= 0.3 is 0 Å². The van der Waals surface area contributed by atoms with Crippen molar-refractivity contribution in [3.8, 4) is 16.8 Å². The van der Waals surface area contributed by atoms with Crippen LogP contribution < -0.4 is 5.56 Å². The average molecular weight is 357 g/mol. The lowest BCUT2D eigenvalue weighted by molar-refractivity contribution is 0.350. The van der Waals surface area contributed by atoms with Gasteiger partial charge in [0.1, 0.15) is 0 Å². The van der Waals surface area contributed by atoms with Crippen molar-refractivity contribution in [2.45, 2.75) is 46.7 Å². The molecule has 0 radical (unpaired) electrons. The molecule has 0 saturated carbocycles. The first kappa shape index (κ1) is 16.2. The summed E-state index contributed by atoms with van der Waals surface area (Å²) in [6, 6.07) is 4.12. The Kier molecular flexibility index (Phi) is 3.84. The van der Waals surface area contributed by atoms with E-state index in [4.69, 9.17) is 11.6 Å². The highest BCUT2D eigenvalue weighted by atomic mass is 35.5. The Morgan fingerprint density at radius 1 is 1.00 bits per heavy atom. The number of fused-ring (bicyclic) bond motifs is 1. The molecule has 3 heterocycles. The van der Waals surface area contributed by atoms with Crippen molar-refractivity contribution in [3.05, 3.63) is 56.7 Å². The number of rotatable bonds is 2. The molecule has 0 aliphatic carbocycles. The van der Waals surface area contributed by atoms with Gasteiger partial charge in [0.2, 0.25) is 0 Å². The number of nitrogens with zero attached hydrogens (tertiary/aromatic N) is 4. The van der Waals surface area contributed by atoms with Gasteiger partial charge in [0.05, 0.1) is 22.5 Å². The van der Waals surface area contributed by atoms with Gasteiger partial charge in [0.15, 0.2) is 0 Å². The van der Waals surface area contributed by atoms with Gasteiger partial charge in [0, 0.05) is 25.0 Å². The van der Waals surface area contributed by atoms with Crippen LogP contribution in [0.15, 0.2) is 29.3 Å². The van der Waals surface area contributed by atoms with Crippen molar-refractivity contribution in [1.29, 1.82) is 0 Å². The summed E-state index contributed by atoms with van der Waals surface area (Å²) in [4.78, 5) is 13.0. The highest BCUT2D eigenvalue weighted by molar-refractivity contribution is 6.30. The van der Waals surface area contributed by atoms with Crippen LogP contribution in [0, 0.1) is 20.8 Å². The van der Waals surface area contributed by atoms with Crippen LogP contribution in [0.5, 0.6) is 0 Å². The summed E-state index contributed by atoms with van der Waals surface area (Å²) >= 11 is 5.99. The third-order valence-electron chi connectivity index (χ3n) is 5.06. The third kappa shape index (κ3) is 2.54. The van der Waals surface area contributed by atoms with Gasteiger partial charge in [-0.3, -0.25) is 9.48 Å². The number of halogens is 1. The van der Waals surface area contributed by atoms with E-state index in [0.29, 0.717) is 5.02 Å². The minimum Gasteiger partial charge on any atom is -0.286 e. The van der Waals surface area contributed by atoms with E-state index in [-0.39, 0.29) is 5.56 Å². The minimum absolute atomic E-state index is 0.123. The molecule has 25 heavy (non-hydrogen) atoms. The van der Waals surface area contributed by atoms with Crippen molar-refractivity contribution in [3.63, 3.8) is 0 Å². The van der Waals surface area contributed by atoms with Crippen LogP contribution in [-0.4, -0.2) is 19.1 Å². The summed E-state index contributed by atoms with van der Waals surface area (Å²) < 4.78 is 5.80. The van der Waals surface area contributed by atoms with E-state index in [1.54, 1.807) is 17.1 Å². The monoisotopic (exact) mass is 356 g/mol. The number of hydrogen-bond donors (Lipinski definition) is 0. The number of benzene rings is 1. The standard InChI is InChI=1S/C19H21ClN4O/c1-12-8-16(22-11-15(20)10-21-22)9-13(2)17(12)18-14(3)23-6-4-5-7-24(23)19(18)25/h8-11H,4-7H2,1-3H3. The lowest BCUT2D eigenvalue weighted by atomic mass is 9.95. The predicted octanol–water partition coefficient (Wildman–Crippen LogP) is 3.87. The zero-order valence-corrected chi connectivity index (χ0v) is 15.5. The Morgan fingerprint density at radius 3 is 2.20 bits per heavy atom. The average Bonchev–Trinajstić information content (AvgIpc) is 3.12. The van der Waals surface area contributed by atoms with Crippen molar-refractivity contribution in [2.24, 2.45) is 0 Å². The topological polar surface area (TPSA) is 44.8 Å². The Morgan fingerprint density at radius 2 is 1.64 bits per heavy atom. The summed E-state index contributed by atoms with van der Waals surface area (Å²) in [6.45, 7) is 7.89. The van der Waals surface area contributed by atoms with Crippen LogP contribution in [0.3, 0.4) is 0 Å². The third-order valence-corrected chi connectivity index (χ3v) is 5.26. The highest BCUT2D eigenvalue weighted by Gasteiger charge is 2.23. The summed E-state index contributed by atoms with van der Waals surface area (Å²) in [5.41, 5.74) is 6.16. The first-order valence-electron chi connectivity index (χ1n) is 8.59. The largest absolute Gasteiger partial charge is 0.286 e. The van der Waals surface area contributed by atoms with Gasteiger partial charge in [-0.15, -0.1) is 0 Å². The predicted molar refractivity (Wildman–Crippen MR) is 99.7 cm³/mol. The van der Waals surface area contributed by atoms with Crippen molar-refractivity contribution in [1.82, 2.24) is 19.1 Å². The van der Waals surface area contributed by atoms with Gasteiger partial charge in [0.25, 0.3) is 5.56 Å². The maximum absolute atomic E-state index is 13.0. The zero-order chi connectivity index (χ0) is 17.7. The molecular formula is C19H21ClN4O. The molecule has 4 rings (SSSR count). The molecular weight excluding hydrogens is 336 g/mol. The Hall–Kier alpha value is -2.27. The molecule has 1 aliphatic rings. The van der Waals surface area contributed by atoms with Crippen LogP contribution >= 0.6 is 11.6 Å². The Balaban J connectivity index is 1.90. The maximum Gasteiger partial charge on any atom is 0.274 e. The molecule has 0 spiro atoms. The van der Waals surface area contributed by atoms with E-state index in [0.717, 1.165) is 59.6 Å². The van der Waals surface area contributed by atoms with Gasteiger partial charge in [-0.2, -0.15) is 5.10 Å². The fourth-order valence-corrected chi connectivity index (χ4v) is 4.07. The molecule has 3 aromatic rings. The number of hydrogen-bond acceptors (Lipinski definition) is 2. The molecule has 0 saturated heterocycles. The van der Waals surface area contributed by atoms with Crippen molar-refractivity contribution < 1.29 is 0 Å². The molecule has 2 aromatic heterocycles. The molecule has 0 N–H and O–H groups in total. The molecule has 1 aromatic carbocycles. The molecule has 0 unspecified atom stereocenters. The highest BCUT2D eigenvalue weighted by Crippen LogP contribution is 2.31. The number of aromatic nitrogens is 4. The number of aryl methyl sites for hydroxylation is 2. The van der Waals surface area contributed by atoms with Gasteiger partial charge in [-0.25, -0.2) is 9.36 Å². The Bertz CT molecular complexity index is 1000. The van der Waals surface area contributed by atoms with Crippen LogP contribution in [0.4, 0.5) is 0 Å². The van der Waals surface area contributed by atoms with E-state index in [9.17, 15) is 4.79 Å². The van der Waals surface area contributed by atoms with Gasteiger partial charge < -0.3 is 0 Å². The summed E-state index contributed by atoms with van der Waals surface area (Å²) in [7, 11) is 0. The molecule has 0 amide bonds. The quantitative estimate of drug-likeness (QED) is 0.699. The van der Waals surface area contributed by atoms with Crippen LogP contribution in [0.1, 0.15) is 29.7 Å². The second kappa shape index (κ2) is 5.92. The normalized spacial score (nSPS) is 13.9. The fourth-order valence-electron chi connectivity index (χ4n) is 3.93. The second-order valence-corrected chi connectivity index (χ2v) is 7.21. The molecule has 0 fully saturated rings. The van der Waals surface area contributed by atoms with Crippen molar-refractivity contribution >= 4 is 11.6 Å². The van der Waals surface area contributed by atoms with Crippen molar-refractivity contribution in [2.75, 3.05) is 0 Å². The molecule has 1 aliphatic heterocycles. The van der Waals surface area contributed by atoms with Gasteiger partial charge in [-0.05, 0) is 62.4 Å². The SMILES string of the molecule is Cc1cc(-n2cc(Cl)cn2)cc(C)c1-c1c(C)n2n(c1=O)CCCC2. The molecule has 6 heteroatoms. The lowest BCUT2D eigenvalue weighted by Gasteiger charge is -2.18. The van der Waals surface area contributed by atoms with Gasteiger partial charge in [-0.1, -0.05) is 11.6 Å². The second-order valence-electron chi connectivity index (χ2n) is 6.78. The first-order valence-corrected chi connectivity index (χ1v) is 8.97. The molecule has 0 atom stereocenters. The smallest absolute Gasteiger partial charge is 0.274 e. The van der Waals surface area contributed by atoms with E-state index in [2.05, 4.69) is 42.7 Å². The molecule has 130 valence electrons. The Labute approximate surface area is 151 Å². The van der Waals surface area contributed by atoms with E-state index >= 15 is 0 Å². The summed E-state index contributed by atoms with van der Waals surface area (Å²) in [6.07, 6.45) is 5.61. The van der Waals surface area contributed by atoms with E-state index in [1.807, 2.05) is 4.68 Å². The van der Waals surface area contributed by atoms with Crippen LogP contribution in [-0.2, 0) is 13.1 Å². The van der Waals surface area contributed by atoms with Crippen LogP contribution in [0.2, 0.25) is 5.02 Å². The summed E-state index contributed by atoms with van der Waals surface area (Å²) in [5, 5.41) is 4.88.